The third kappa shape index (κ3) is 2.75. The maximum atomic E-state index is 13.4. The average molecular weight is 401 g/mol. The fourth-order valence-electron chi connectivity index (χ4n) is 4.63. The molecule has 0 bridgehead atoms. The quantitative estimate of drug-likeness (QED) is 0.664. The van der Waals surface area contributed by atoms with E-state index in [0.717, 1.165) is 34.7 Å². The number of anilines is 3. The van der Waals surface area contributed by atoms with Gasteiger partial charge in [0.2, 0.25) is 0 Å². The van der Waals surface area contributed by atoms with Crippen molar-refractivity contribution in [2.45, 2.75) is 44.8 Å². The summed E-state index contributed by atoms with van der Waals surface area (Å²) in [5.41, 5.74) is 3.63. The van der Waals surface area contributed by atoms with Gasteiger partial charge in [-0.25, -0.2) is 0 Å². The van der Waals surface area contributed by atoms with Crippen molar-refractivity contribution in [2.75, 3.05) is 17.3 Å². The number of amides is 1. The SMILES string of the molecule is Cc1cc2ncnn2cc1Nc1ncc2c(n1)C1(CC=BC(C)C(C)C1)C(=O)N2C. The molecule has 0 aromatic carbocycles. The van der Waals surface area contributed by atoms with Crippen LogP contribution in [0, 0.1) is 12.8 Å². The number of aryl methyl sites for hydroxylation is 1. The van der Waals surface area contributed by atoms with Gasteiger partial charge in [-0.15, -0.1) is 0 Å². The number of likely N-dealkylation sites (N-methyl/N-ethyl adjacent to an activating group) is 1. The summed E-state index contributed by atoms with van der Waals surface area (Å²) in [5.74, 6) is 3.55. The summed E-state index contributed by atoms with van der Waals surface area (Å²) < 4.78 is 1.71. The van der Waals surface area contributed by atoms with E-state index in [-0.39, 0.29) is 5.91 Å². The number of fused-ring (bicyclic) bond motifs is 3. The zero-order valence-corrected chi connectivity index (χ0v) is 17.6. The molecule has 2 aliphatic heterocycles. The monoisotopic (exact) mass is 401 g/mol. The Labute approximate surface area is 175 Å². The Bertz CT molecular complexity index is 1190. The summed E-state index contributed by atoms with van der Waals surface area (Å²) in [6.45, 7) is 8.65. The number of pyridine rings is 1. The molecule has 3 aromatic heterocycles. The molecule has 3 atom stereocenters. The Hall–Kier alpha value is -3.10. The van der Waals surface area contributed by atoms with Crippen molar-refractivity contribution < 1.29 is 4.79 Å². The van der Waals surface area contributed by atoms with Gasteiger partial charge in [0.15, 0.2) is 0 Å². The minimum atomic E-state index is -0.630. The normalized spacial score (nSPS) is 25.5. The predicted molar refractivity (Wildman–Crippen MR) is 118 cm³/mol. The summed E-state index contributed by atoms with van der Waals surface area (Å²) in [5, 5.41) is 7.51. The molecule has 3 unspecified atom stereocenters. The molecule has 30 heavy (non-hydrogen) atoms. The molecular formula is C21H24BN7O. The van der Waals surface area contributed by atoms with E-state index in [4.69, 9.17) is 4.98 Å². The van der Waals surface area contributed by atoms with E-state index in [0.29, 0.717) is 24.1 Å². The Balaban J connectivity index is 1.56. The number of aromatic nitrogens is 5. The number of hydrogen-bond acceptors (Lipinski definition) is 6. The number of carbonyl (C=O) groups is 1. The van der Waals surface area contributed by atoms with Crippen LogP contribution in [0.5, 0.6) is 0 Å². The predicted octanol–water partition coefficient (Wildman–Crippen LogP) is 2.53. The van der Waals surface area contributed by atoms with E-state index in [9.17, 15) is 4.79 Å². The van der Waals surface area contributed by atoms with Crippen molar-refractivity contribution in [3.05, 3.63) is 36.0 Å². The molecule has 0 radical (unpaired) electrons. The summed E-state index contributed by atoms with van der Waals surface area (Å²) in [6, 6.07) is 1.96. The zero-order chi connectivity index (χ0) is 21.0. The maximum absolute atomic E-state index is 13.4. The van der Waals surface area contributed by atoms with Crippen molar-refractivity contribution in [1.82, 2.24) is 24.6 Å². The second-order valence-electron chi connectivity index (χ2n) is 8.60. The van der Waals surface area contributed by atoms with Gasteiger partial charge in [-0.05, 0) is 0 Å². The van der Waals surface area contributed by atoms with Gasteiger partial charge in [0, 0.05) is 0 Å². The first-order valence-electron chi connectivity index (χ1n) is 10.3. The number of rotatable bonds is 2. The van der Waals surface area contributed by atoms with E-state index in [1.807, 2.05) is 26.2 Å². The third-order valence-electron chi connectivity index (χ3n) is 6.64. The fraction of sp³-hybridized carbons (Fsp3) is 0.429. The number of hydrogen-bond donors (Lipinski definition) is 1. The van der Waals surface area contributed by atoms with Crippen LogP contribution < -0.4 is 10.2 Å². The van der Waals surface area contributed by atoms with Crippen LogP contribution in [-0.2, 0) is 10.2 Å². The van der Waals surface area contributed by atoms with E-state index in [1.165, 1.54) is 6.33 Å². The van der Waals surface area contributed by atoms with Gasteiger partial charge in [-0.1, -0.05) is 0 Å². The van der Waals surface area contributed by atoms with Gasteiger partial charge in [0.1, 0.15) is 0 Å². The summed E-state index contributed by atoms with van der Waals surface area (Å²) in [4.78, 5) is 28.7. The van der Waals surface area contributed by atoms with Gasteiger partial charge in [0.05, 0.1) is 0 Å². The third-order valence-corrected chi connectivity index (χ3v) is 6.64. The molecule has 0 aliphatic carbocycles. The second kappa shape index (κ2) is 6.72. The van der Waals surface area contributed by atoms with Gasteiger partial charge in [0.25, 0.3) is 0 Å². The fourth-order valence-corrected chi connectivity index (χ4v) is 4.63. The van der Waals surface area contributed by atoms with E-state index in [2.05, 4.69) is 47.1 Å². The van der Waals surface area contributed by atoms with Crippen molar-refractivity contribution in [2.24, 2.45) is 5.92 Å². The first kappa shape index (κ1) is 18.9. The molecule has 0 fully saturated rings. The van der Waals surface area contributed by atoms with Gasteiger partial charge in [-0.3, -0.25) is 0 Å². The molecule has 1 N–H and O–H groups in total. The van der Waals surface area contributed by atoms with Crippen molar-refractivity contribution in [3.63, 3.8) is 0 Å². The molecular weight excluding hydrogens is 377 g/mol. The molecule has 152 valence electrons. The molecule has 3 aromatic rings. The van der Waals surface area contributed by atoms with E-state index in [1.54, 1.807) is 15.6 Å². The van der Waals surface area contributed by atoms with Crippen molar-refractivity contribution >= 4 is 41.8 Å². The summed E-state index contributed by atoms with van der Waals surface area (Å²) >= 11 is 0. The summed E-state index contributed by atoms with van der Waals surface area (Å²) in [6.07, 6.45) is 6.59. The van der Waals surface area contributed by atoms with Gasteiger partial charge < -0.3 is 0 Å². The van der Waals surface area contributed by atoms with E-state index >= 15 is 0 Å². The second-order valence-corrected chi connectivity index (χ2v) is 8.60. The van der Waals surface area contributed by atoms with Crippen LogP contribution >= 0.6 is 0 Å². The van der Waals surface area contributed by atoms with Crippen LogP contribution in [0.1, 0.15) is 37.9 Å². The molecule has 1 amide bonds. The molecule has 1 spiro atoms. The molecule has 8 nitrogen and oxygen atoms in total. The minimum absolute atomic E-state index is 0.106. The van der Waals surface area contributed by atoms with Gasteiger partial charge in [-0.2, -0.15) is 0 Å². The first-order chi connectivity index (χ1) is 14.4. The van der Waals surface area contributed by atoms with Crippen LogP contribution in [0.2, 0.25) is 5.82 Å². The Morgan fingerprint density at radius 2 is 2.13 bits per heavy atom. The number of nitrogens with one attached hydrogen (secondary N) is 1. The van der Waals surface area contributed by atoms with Crippen molar-refractivity contribution in [3.8, 4) is 0 Å². The summed E-state index contributed by atoms with van der Waals surface area (Å²) in [7, 11) is 1.82. The van der Waals surface area contributed by atoms with Crippen LogP contribution in [-0.4, -0.2) is 50.4 Å². The van der Waals surface area contributed by atoms with Crippen LogP contribution in [0.25, 0.3) is 5.65 Å². The number of carbonyl (C=O) groups excluding carboxylic acids is 1. The average Bonchev–Trinajstić information content (AvgIpc) is 3.20. The Kier molecular flexibility index (Phi) is 4.23. The molecule has 0 saturated heterocycles. The van der Waals surface area contributed by atoms with E-state index < -0.39 is 5.41 Å². The Morgan fingerprint density at radius 1 is 1.30 bits per heavy atom. The van der Waals surface area contributed by atoms with Crippen LogP contribution in [0.15, 0.2) is 24.8 Å². The number of nitrogens with zero attached hydrogens (tertiary/aromatic N) is 6. The van der Waals surface area contributed by atoms with Crippen LogP contribution in [0.4, 0.5) is 17.3 Å². The molecule has 0 saturated carbocycles. The van der Waals surface area contributed by atoms with Gasteiger partial charge >= 0.3 is 175 Å². The zero-order valence-electron chi connectivity index (χ0n) is 17.6. The molecule has 2 aliphatic rings. The topological polar surface area (TPSA) is 88.3 Å². The molecule has 5 heterocycles. The molecule has 9 heteroatoms. The van der Waals surface area contributed by atoms with Crippen molar-refractivity contribution in [1.29, 1.82) is 0 Å². The molecule has 5 rings (SSSR count). The Morgan fingerprint density at radius 3 is 2.97 bits per heavy atom. The first-order valence-corrected chi connectivity index (χ1v) is 10.3. The van der Waals surface area contributed by atoms with Crippen LogP contribution in [0.3, 0.4) is 0 Å². The standard InChI is InChI=1S/C21H24BN7O/c1-12-7-17-24-11-25-29(17)10-15(12)26-20-23-9-16-18(27-20)21(19(30)28(16)4)5-6-22-14(3)13(2)8-21/h6-7,9-11,13-14H,5,8H2,1-4H3,(H,23,26,27).